The molecule has 0 aliphatic carbocycles. The zero-order chi connectivity index (χ0) is 17.9. The number of hydrogen-bond donors (Lipinski definition) is 0. The number of nitrogens with zero attached hydrogens (tertiary/aromatic N) is 1. The van der Waals surface area contributed by atoms with Crippen LogP contribution >= 0.6 is 0 Å². The van der Waals surface area contributed by atoms with Gasteiger partial charge in [-0.25, -0.2) is 12.8 Å². The Hall–Kier alpha value is -1.92. The van der Waals surface area contributed by atoms with E-state index in [4.69, 9.17) is 4.74 Å². The van der Waals surface area contributed by atoms with Crippen molar-refractivity contribution in [3.05, 3.63) is 59.9 Å². The van der Waals surface area contributed by atoms with E-state index in [-0.39, 0.29) is 16.8 Å². The Morgan fingerprint density at radius 1 is 1.08 bits per heavy atom. The van der Waals surface area contributed by atoms with Crippen LogP contribution < -0.4 is 4.74 Å². The van der Waals surface area contributed by atoms with Gasteiger partial charge in [-0.3, -0.25) is 0 Å². The first kappa shape index (κ1) is 17.9. The minimum absolute atomic E-state index is 0.233. The summed E-state index contributed by atoms with van der Waals surface area (Å²) in [6, 6.07) is 12.3. The summed E-state index contributed by atoms with van der Waals surface area (Å²) < 4.78 is 46.7. The summed E-state index contributed by atoms with van der Waals surface area (Å²) in [5, 5.41) is 0. The summed E-state index contributed by atoms with van der Waals surface area (Å²) in [5.41, 5.74) is 0.707. The maximum Gasteiger partial charge on any atom is 0.243 e. The van der Waals surface area contributed by atoms with Gasteiger partial charge in [-0.1, -0.05) is 25.0 Å². The highest BCUT2D eigenvalue weighted by Gasteiger charge is 2.33. The molecular weight excluding hydrogens is 341 g/mol. The fraction of sp³-hybridized carbons (Fsp3) is 0.368. The number of methoxy groups -OCH3 is 1. The standard InChI is InChI=1S/C19H22FNO3S/c1-24-17-9-11-18(12-10-17)25(22,23)21-13-4-2-3-8-19(21)15-6-5-7-16(20)14-15/h5-7,9-12,14,19H,2-4,8,13H2,1H3. The van der Waals surface area contributed by atoms with E-state index < -0.39 is 10.0 Å². The van der Waals surface area contributed by atoms with Crippen molar-refractivity contribution in [2.24, 2.45) is 0 Å². The van der Waals surface area contributed by atoms with Crippen LogP contribution in [-0.4, -0.2) is 26.4 Å². The highest BCUT2D eigenvalue weighted by molar-refractivity contribution is 7.89. The number of hydrogen-bond acceptors (Lipinski definition) is 3. The van der Waals surface area contributed by atoms with Crippen LogP contribution in [-0.2, 0) is 10.0 Å². The van der Waals surface area contributed by atoms with E-state index in [2.05, 4.69) is 0 Å². The molecule has 1 heterocycles. The topological polar surface area (TPSA) is 46.6 Å². The van der Waals surface area contributed by atoms with Gasteiger partial charge in [0, 0.05) is 6.54 Å². The lowest BCUT2D eigenvalue weighted by Crippen LogP contribution is -2.34. The fourth-order valence-corrected chi connectivity index (χ4v) is 4.98. The van der Waals surface area contributed by atoms with Gasteiger partial charge in [0.15, 0.2) is 0 Å². The van der Waals surface area contributed by atoms with Gasteiger partial charge in [0.05, 0.1) is 18.0 Å². The molecule has 4 nitrogen and oxygen atoms in total. The second-order valence-electron chi connectivity index (χ2n) is 6.21. The van der Waals surface area contributed by atoms with E-state index in [1.54, 1.807) is 36.4 Å². The van der Waals surface area contributed by atoms with E-state index in [0.29, 0.717) is 24.3 Å². The van der Waals surface area contributed by atoms with Crippen LogP contribution in [0.1, 0.15) is 37.3 Å². The van der Waals surface area contributed by atoms with Crippen molar-refractivity contribution in [1.29, 1.82) is 0 Å². The van der Waals surface area contributed by atoms with Crippen molar-refractivity contribution in [3.8, 4) is 5.75 Å². The molecular formula is C19H22FNO3S. The van der Waals surface area contributed by atoms with Crippen molar-refractivity contribution >= 4 is 10.0 Å². The molecule has 1 saturated heterocycles. The van der Waals surface area contributed by atoms with Crippen LogP contribution in [0.25, 0.3) is 0 Å². The lowest BCUT2D eigenvalue weighted by Gasteiger charge is -2.29. The Kier molecular flexibility index (Phi) is 5.39. The monoisotopic (exact) mass is 363 g/mol. The average molecular weight is 363 g/mol. The molecule has 2 aromatic carbocycles. The molecule has 0 radical (unpaired) electrons. The molecule has 2 aromatic rings. The van der Waals surface area contributed by atoms with Crippen LogP contribution in [0.5, 0.6) is 5.75 Å². The first-order valence-corrected chi connectivity index (χ1v) is 9.88. The quantitative estimate of drug-likeness (QED) is 0.820. The zero-order valence-corrected chi connectivity index (χ0v) is 15.0. The Morgan fingerprint density at radius 3 is 2.52 bits per heavy atom. The minimum Gasteiger partial charge on any atom is -0.497 e. The molecule has 3 rings (SSSR count). The Labute approximate surface area is 148 Å². The molecule has 1 aliphatic rings. The van der Waals surface area contributed by atoms with Crippen molar-refractivity contribution in [3.63, 3.8) is 0 Å². The zero-order valence-electron chi connectivity index (χ0n) is 14.2. The number of sulfonamides is 1. The van der Waals surface area contributed by atoms with Crippen LogP contribution in [0.2, 0.25) is 0 Å². The Bertz CT molecular complexity index is 821. The van der Waals surface area contributed by atoms with E-state index >= 15 is 0 Å². The minimum atomic E-state index is -3.67. The summed E-state index contributed by atoms with van der Waals surface area (Å²) in [7, 11) is -2.13. The van der Waals surface area contributed by atoms with Crippen molar-refractivity contribution in [1.82, 2.24) is 4.31 Å². The number of benzene rings is 2. The maximum absolute atomic E-state index is 13.7. The summed E-state index contributed by atoms with van der Waals surface area (Å²) in [6.45, 7) is 0.440. The molecule has 0 saturated carbocycles. The van der Waals surface area contributed by atoms with Gasteiger partial charge in [0.2, 0.25) is 10.0 Å². The highest BCUT2D eigenvalue weighted by Crippen LogP contribution is 2.35. The average Bonchev–Trinajstić information content (AvgIpc) is 2.88. The van der Waals surface area contributed by atoms with Crippen molar-refractivity contribution in [2.75, 3.05) is 13.7 Å². The van der Waals surface area contributed by atoms with Crippen LogP contribution in [0, 0.1) is 5.82 Å². The molecule has 0 bridgehead atoms. The number of ether oxygens (including phenoxy) is 1. The van der Waals surface area contributed by atoms with Crippen LogP contribution in [0.4, 0.5) is 4.39 Å². The molecule has 0 N–H and O–H groups in total. The second kappa shape index (κ2) is 7.54. The summed E-state index contributed by atoms with van der Waals surface area (Å²) in [5.74, 6) is 0.264. The normalized spacial score (nSPS) is 19.4. The van der Waals surface area contributed by atoms with E-state index in [1.165, 1.54) is 23.5 Å². The van der Waals surface area contributed by atoms with E-state index in [9.17, 15) is 12.8 Å². The van der Waals surface area contributed by atoms with Gasteiger partial charge in [-0.15, -0.1) is 0 Å². The molecule has 6 heteroatoms. The van der Waals surface area contributed by atoms with Gasteiger partial charge in [0.25, 0.3) is 0 Å². The van der Waals surface area contributed by atoms with Crippen LogP contribution in [0.3, 0.4) is 0 Å². The molecule has 134 valence electrons. The third-order valence-electron chi connectivity index (χ3n) is 4.60. The van der Waals surface area contributed by atoms with E-state index in [1.807, 2.05) is 0 Å². The number of halogens is 1. The molecule has 0 spiro atoms. The van der Waals surface area contributed by atoms with E-state index in [0.717, 1.165) is 19.3 Å². The van der Waals surface area contributed by atoms with Gasteiger partial charge in [-0.05, 0) is 54.8 Å². The predicted molar refractivity (Wildman–Crippen MR) is 94.5 cm³/mol. The van der Waals surface area contributed by atoms with Gasteiger partial charge in [0.1, 0.15) is 11.6 Å². The summed E-state index contributed by atoms with van der Waals surface area (Å²) in [6.07, 6.45) is 3.40. The van der Waals surface area contributed by atoms with Crippen molar-refractivity contribution < 1.29 is 17.5 Å². The third-order valence-corrected chi connectivity index (χ3v) is 6.53. The van der Waals surface area contributed by atoms with Crippen molar-refractivity contribution in [2.45, 2.75) is 36.6 Å². The first-order chi connectivity index (χ1) is 12.0. The van der Waals surface area contributed by atoms with Gasteiger partial charge < -0.3 is 4.74 Å². The molecule has 1 unspecified atom stereocenters. The Balaban J connectivity index is 1.99. The Morgan fingerprint density at radius 2 is 1.84 bits per heavy atom. The first-order valence-electron chi connectivity index (χ1n) is 8.44. The molecule has 1 aliphatic heterocycles. The molecule has 1 fully saturated rings. The molecule has 0 amide bonds. The van der Waals surface area contributed by atoms with Gasteiger partial charge in [-0.2, -0.15) is 4.31 Å². The maximum atomic E-state index is 13.7. The number of rotatable bonds is 4. The summed E-state index contributed by atoms with van der Waals surface area (Å²) >= 11 is 0. The SMILES string of the molecule is COc1ccc(S(=O)(=O)N2CCCCCC2c2cccc(F)c2)cc1. The highest BCUT2D eigenvalue weighted by atomic mass is 32.2. The lowest BCUT2D eigenvalue weighted by atomic mass is 10.0. The third kappa shape index (κ3) is 3.85. The smallest absolute Gasteiger partial charge is 0.243 e. The van der Waals surface area contributed by atoms with Gasteiger partial charge >= 0.3 is 0 Å². The van der Waals surface area contributed by atoms with Crippen LogP contribution in [0.15, 0.2) is 53.4 Å². The second-order valence-corrected chi connectivity index (χ2v) is 8.10. The molecule has 1 atom stereocenters. The lowest BCUT2D eigenvalue weighted by molar-refractivity contribution is 0.328. The molecule has 25 heavy (non-hydrogen) atoms. The predicted octanol–water partition coefficient (Wildman–Crippen LogP) is 4.14. The summed E-state index contributed by atoms with van der Waals surface area (Å²) in [4.78, 5) is 0.233. The fourth-order valence-electron chi connectivity index (χ4n) is 3.30. The largest absolute Gasteiger partial charge is 0.497 e. The molecule has 0 aromatic heterocycles.